The standard InChI is InChI=1S/C13H17ClN6/c14-11-12(15)16-8-17-13(11)19-9-4-1-2-5-10(9)20-7-3-6-18-20/h3,6-10H,1-2,4-5H2,(H3,15,16,17,19)/t9-,10-/m1/s1. The predicted molar refractivity (Wildman–Crippen MR) is 78.6 cm³/mol. The molecule has 3 rings (SSSR count). The molecule has 2 aromatic heterocycles. The fourth-order valence-corrected chi connectivity index (χ4v) is 2.88. The maximum Gasteiger partial charge on any atom is 0.150 e. The maximum absolute atomic E-state index is 6.15. The van der Waals surface area contributed by atoms with Crippen LogP contribution in [0, 0.1) is 0 Å². The molecule has 0 aromatic carbocycles. The van der Waals surface area contributed by atoms with Gasteiger partial charge in [0, 0.05) is 12.4 Å². The van der Waals surface area contributed by atoms with E-state index in [9.17, 15) is 0 Å². The van der Waals surface area contributed by atoms with Gasteiger partial charge >= 0.3 is 0 Å². The SMILES string of the molecule is Nc1ncnc(N[C@@H]2CCCC[C@H]2n2cccn2)c1Cl. The molecule has 2 aromatic rings. The third-order valence-corrected chi connectivity index (χ3v) is 4.11. The monoisotopic (exact) mass is 292 g/mol. The predicted octanol–water partition coefficient (Wildman–Crippen LogP) is 2.50. The summed E-state index contributed by atoms with van der Waals surface area (Å²) in [5.41, 5.74) is 5.71. The normalized spacial score (nSPS) is 22.6. The first-order valence-corrected chi connectivity index (χ1v) is 7.15. The number of hydrogen-bond donors (Lipinski definition) is 2. The minimum Gasteiger partial charge on any atom is -0.382 e. The summed E-state index contributed by atoms with van der Waals surface area (Å²) in [6.07, 6.45) is 9.79. The molecule has 0 radical (unpaired) electrons. The van der Waals surface area contributed by atoms with Crippen molar-refractivity contribution in [3.05, 3.63) is 29.8 Å². The Morgan fingerprint density at radius 2 is 2.15 bits per heavy atom. The van der Waals surface area contributed by atoms with Gasteiger partial charge < -0.3 is 11.1 Å². The Bertz CT molecular complexity index is 570. The number of anilines is 2. The zero-order chi connectivity index (χ0) is 13.9. The van der Waals surface area contributed by atoms with Crippen molar-refractivity contribution in [2.45, 2.75) is 37.8 Å². The second-order valence-corrected chi connectivity index (χ2v) is 5.39. The Labute approximate surface area is 122 Å². The molecule has 0 spiro atoms. The number of hydrogen-bond acceptors (Lipinski definition) is 5. The lowest BCUT2D eigenvalue weighted by atomic mass is 9.90. The summed E-state index contributed by atoms with van der Waals surface area (Å²) in [4.78, 5) is 8.06. The van der Waals surface area contributed by atoms with Gasteiger partial charge in [0.25, 0.3) is 0 Å². The fourth-order valence-electron chi connectivity index (χ4n) is 2.73. The Morgan fingerprint density at radius 1 is 1.30 bits per heavy atom. The van der Waals surface area contributed by atoms with Crippen LogP contribution in [0.3, 0.4) is 0 Å². The third kappa shape index (κ3) is 2.56. The van der Waals surface area contributed by atoms with Gasteiger partial charge in [-0.2, -0.15) is 5.10 Å². The minimum atomic E-state index is 0.246. The molecular weight excluding hydrogens is 276 g/mol. The number of nitrogens with two attached hydrogens (primary N) is 1. The average molecular weight is 293 g/mol. The first kappa shape index (κ1) is 13.2. The third-order valence-electron chi connectivity index (χ3n) is 3.73. The van der Waals surface area contributed by atoms with Crippen molar-refractivity contribution in [3.8, 4) is 0 Å². The summed E-state index contributed by atoms with van der Waals surface area (Å²) in [5.74, 6) is 0.902. The highest BCUT2D eigenvalue weighted by Crippen LogP contribution is 2.32. The lowest BCUT2D eigenvalue weighted by Crippen LogP contribution is -2.35. The van der Waals surface area contributed by atoms with Crippen molar-refractivity contribution in [3.63, 3.8) is 0 Å². The topological polar surface area (TPSA) is 81.6 Å². The highest BCUT2D eigenvalue weighted by molar-refractivity contribution is 6.35. The lowest BCUT2D eigenvalue weighted by molar-refractivity contribution is 0.301. The van der Waals surface area contributed by atoms with Gasteiger partial charge in [0.1, 0.15) is 17.2 Å². The van der Waals surface area contributed by atoms with E-state index in [0.29, 0.717) is 22.7 Å². The molecule has 7 heteroatoms. The molecule has 3 N–H and O–H groups in total. The van der Waals surface area contributed by atoms with Gasteiger partial charge in [-0.1, -0.05) is 24.4 Å². The van der Waals surface area contributed by atoms with Gasteiger partial charge in [-0.15, -0.1) is 0 Å². The van der Waals surface area contributed by atoms with Crippen LogP contribution in [-0.2, 0) is 0 Å². The number of nitrogens with zero attached hydrogens (tertiary/aromatic N) is 4. The van der Waals surface area contributed by atoms with Crippen molar-refractivity contribution in [1.82, 2.24) is 19.7 Å². The highest BCUT2D eigenvalue weighted by Gasteiger charge is 2.27. The summed E-state index contributed by atoms with van der Waals surface area (Å²) >= 11 is 6.15. The van der Waals surface area contributed by atoms with Crippen LogP contribution in [-0.4, -0.2) is 25.8 Å². The number of halogens is 1. The molecule has 1 saturated carbocycles. The molecule has 1 aliphatic rings. The van der Waals surface area contributed by atoms with Crippen LogP contribution in [0.5, 0.6) is 0 Å². The zero-order valence-corrected chi connectivity index (χ0v) is 11.8. The second-order valence-electron chi connectivity index (χ2n) is 5.01. The van der Waals surface area contributed by atoms with E-state index in [1.807, 2.05) is 16.9 Å². The molecule has 6 nitrogen and oxygen atoms in total. The van der Waals surface area contributed by atoms with E-state index in [1.54, 1.807) is 6.20 Å². The Morgan fingerprint density at radius 3 is 2.95 bits per heavy atom. The van der Waals surface area contributed by atoms with Gasteiger partial charge in [0.15, 0.2) is 5.82 Å². The van der Waals surface area contributed by atoms with Crippen LogP contribution in [0.2, 0.25) is 5.02 Å². The van der Waals surface area contributed by atoms with E-state index in [-0.39, 0.29) is 6.04 Å². The summed E-state index contributed by atoms with van der Waals surface area (Å²) in [6.45, 7) is 0. The van der Waals surface area contributed by atoms with Crippen molar-refractivity contribution in [2.24, 2.45) is 0 Å². The molecule has 0 bridgehead atoms. The molecule has 0 unspecified atom stereocenters. The number of aromatic nitrogens is 4. The molecule has 2 heterocycles. The highest BCUT2D eigenvalue weighted by atomic mass is 35.5. The van der Waals surface area contributed by atoms with Crippen molar-refractivity contribution in [2.75, 3.05) is 11.1 Å². The van der Waals surface area contributed by atoms with Crippen LogP contribution in [0.25, 0.3) is 0 Å². The van der Waals surface area contributed by atoms with Gasteiger partial charge in [-0.25, -0.2) is 9.97 Å². The van der Waals surface area contributed by atoms with Crippen molar-refractivity contribution >= 4 is 23.2 Å². The summed E-state index contributed by atoms with van der Waals surface area (Å²) in [6, 6.07) is 2.50. The molecule has 1 fully saturated rings. The van der Waals surface area contributed by atoms with Gasteiger partial charge in [-0.3, -0.25) is 4.68 Å². The first-order chi connectivity index (χ1) is 9.75. The van der Waals surface area contributed by atoms with Crippen LogP contribution >= 0.6 is 11.6 Å². The van der Waals surface area contributed by atoms with E-state index < -0.39 is 0 Å². The van der Waals surface area contributed by atoms with E-state index in [1.165, 1.54) is 19.2 Å². The molecule has 0 saturated heterocycles. The molecule has 106 valence electrons. The van der Waals surface area contributed by atoms with Crippen molar-refractivity contribution < 1.29 is 0 Å². The Hall–Kier alpha value is -1.82. The Balaban J connectivity index is 1.82. The average Bonchev–Trinajstić information content (AvgIpc) is 2.98. The van der Waals surface area contributed by atoms with Crippen LogP contribution < -0.4 is 11.1 Å². The van der Waals surface area contributed by atoms with E-state index >= 15 is 0 Å². The van der Waals surface area contributed by atoms with Crippen LogP contribution in [0.15, 0.2) is 24.8 Å². The van der Waals surface area contributed by atoms with Gasteiger partial charge in [0.05, 0.1) is 12.1 Å². The van der Waals surface area contributed by atoms with Crippen LogP contribution in [0.1, 0.15) is 31.7 Å². The summed E-state index contributed by atoms with van der Waals surface area (Å²) in [7, 11) is 0. The molecule has 2 atom stereocenters. The van der Waals surface area contributed by atoms with E-state index in [4.69, 9.17) is 17.3 Å². The lowest BCUT2D eigenvalue weighted by Gasteiger charge is -2.32. The number of rotatable bonds is 3. The molecule has 0 amide bonds. The molecule has 0 aliphatic heterocycles. The van der Waals surface area contributed by atoms with Crippen molar-refractivity contribution in [1.29, 1.82) is 0 Å². The fraction of sp³-hybridized carbons (Fsp3) is 0.462. The largest absolute Gasteiger partial charge is 0.382 e. The molecular formula is C13H17ClN6. The van der Waals surface area contributed by atoms with E-state index in [0.717, 1.165) is 12.8 Å². The smallest absolute Gasteiger partial charge is 0.150 e. The maximum atomic E-state index is 6.15. The number of nitrogen functional groups attached to an aromatic ring is 1. The molecule has 1 aliphatic carbocycles. The Kier molecular flexibility index (Phi) is 3.73. The minimum absolute atomic E-state index is 0.246. The summed E-state index contributed by atoms with van der Waals surface area (Å²) in [5, 5.41) is 8.15. The molecule has 20 heavy (non-hydrogen) atoms. The quantitative estimate of drug-likeness (QED) is 0.908. The van der Waals surface area contributed by atoms with Gasteiger partial charge in [-0.05, 0) is 18.9 Å². The van der Waals surface area contributed by atoms with Gasteiger partial charge in [0.2, 0.25) is 0 Å². The number of nitrogens with one attached hydrogen (secondary N) is 1. The first-order valence-electron chi connectivity index (χ1n) is 6.77. The second kappa shape index (κ2) is 5.66. The van der Waals surface area contributed by atoms with Crippen LogP contribution in [0.4, 0.5) is 11.6 Å². The summed E-state index contributed by atoms with van der Waals surface area (Å²) < 4.78 is 2.01. The zero-order valence-electron chi connectivity index (χ0n) is 11.0. The van der Waals surface area contributed by atoms with E-state index in [2.05, 4.69) is 20.4 Å².